The smallest absolute Gasteiger partial charge is 0.316 e. The predicted molar refractivity (Wildman–Crippen MR) is 102 cm³/mol. The van der Waals surface area contributed by atoms with Crippen LogP contribution < -0.4 is 0 Å². The van der Waals surface area contributed by atoms with Crippen LogP contribution in [0.4, 0.5) is 0 Å². The molecule has 0 N–H and O–H groups in total. The summed E-state index contributed by atoms with van der Waals surface area (Å²) < 4.78 is 32.7. The molecule has 6 heteroatoms. The summed E-state index contributed by atoms with van der Waals surface area (Å²) in [7, 11) is -1.98. The van der Waals surface area contributed by atoms with Gasteiger partial charge in [-0.15, -0.1) is 0 Å². The molecule has 2 unspecified atom stereocenters. The van der Waals surface area contributed by atoms with E-state index in [1.54, 1.807) is 52.1 Å². The number of hydrogen-bond acceptors (Lipinski definition) is 4. The van der Waals surface area contributed by atoms with Gasteiger partial charge in [0, 0.05) is 19.0 Å². The summed E-state index contributed by atoms with van der Waals surface area (Å²) in [6, 6.07) is 6.63. The van der Waals surface area contributed by atoms with Gasteiger partial charge < -0.3 is 4.74 Å². The lowest BCUT2D eigenvalue weighted by Crippen LogP contribution is -2.31. The third kappa shape index (κ3) is 4.35. The molecule has 0 bridgehead atoms. The molecule has 0 spiro atoms. The minimum Gasteiger partial charge on any atom is -0.430 e. The fourth-order valence-electron chi connectivity index (χ4n) is 2.72. The van der Waals surface area contributed by atoms with Gasteiger partial charge in [-0.3, -0.25) is 4.79 Å². The van der Waals surface area contributed by atoms with Crippen molar-refractivity contribution in [3.63, 3.8) is 0 Å². The van der Waals surface area contributed by atoms with E-state index in [1.165, 1.54) is 4.31 Å². The van der Waals surface area contributed by atoms with Crippen LogP contribution in [0.15, 0.2) is 40.5 Å². The molecule has 1 aromatic carbocycles. The van der Waals surface area contributed by atoms with Crippen LogP contribution in [0.3, 0.4) is 0 Å². The highest BCUT2D eigenvalue weighted by Gasteiger charge is 2.49. The molecule has 144 valence electrons. The molecule has 1 saturated carbocycles. The number of ether oxygens (including phenoxy) is 1. The first-order chi connectivity index (χ1) is 11.9. The van der Waals surface area contributed by atoms with Crippen LogP contribution in [0.1, 0.15) is 46.6 Å². The van der Waals surface area contributed by atoms with E-state index in [9.17, 15) is 13.2 Å². The minimum absolute atomic E-state index is 0.0866. The van der Waals surface area contributed by atoms with Crippen LogP contribution in [-0.2, 0) is 19.6 Å². The Morgan fingerprint density at radius 1 is 1.15 bits per heavy atom. The lowest BCUT2D eigenvalue weighted by atomic mass is 9.97. The molecule has 0 saturated heterocycles. The molecule has 1 fully saturated rings. The van der Waals surface area contributed by atoms with Gasteiger partial charge in [0.15, 0.2) is 0 Å². The van der Waals surface area contributed by atoms with E-state index in [-0.39, 0.29) is 22.8 Å². The summed E-state index contributed by atoms with van der Waals surface area (Å²) in [4.78, 5) is 12.5. The molecule has 5 nitrogen and oxygen atoms in total. The Balaban J connectivity index is 2.18. The topological polar surface area (TPSA) is 63.7 Å². The number of nitrogens with zero attached hydrogens (tertiary/aromatic N) is 1. The monoisotopic (exact) mass is 379 g/mol. The Labute approximate surface area is 157 Å². The molecular formula is C20H29NO4S. The Bertz CT molecular complexity index is 812. The van der Waals surface area contributed by atoms with Crippen molar-refractivity contribution in [2.24, 2.45) is 11.3 Å². The fraction of sp³-hybridized carbons (Fsp3) is 0.550. The van der Waals surface area contributed by atoms with E-state index in [1.807, 2.05) is 20.8 Å². The predicted octanol–water partition coefficient (Wildman–Crippen LogP) is 3.89. The maximum Gasteiger partial charge on any atom is 0.316 e. The van der Waals surface area contributed by atoms with Crippen molar-refractivity contribution in [3.8, 4) is 0 Å². The van der Waals surface area contributed by atoms with Crippen molar-refractivity contribution in [2.75, 3.05) is 7.05 Å². The average molecular weight is 380 g/mol. The second-order valence-corrected chi connectivity index (χ2v) is 10.2. The Morgan fingerprint density at radius 3 is 2.15 bits per heavy atom. The van der Waals surface area contributed by atoms with Crippen molar-refractivity contribution < 1.29 is 17.9 Å². The van der Waals surface area contributed by atoms with E-state index in [0.717, 1.165) is 11.1 Å². The summed E-state index contributed by atoms with van der Waals surface area (Å²) in [6.07, 6.45) is 0.652. The van der Waals surface area contributed by atoms with Gasteiger partial charge in [-0.25, -0.2) is 8.42 Å². The van der Waals surface area contributed by atoms with Crippen molar-refractivity contribution in [3.05, 3.63) is 41.2 Å². The second-order valence-electron chi connectivity index (χ2n) is 8.25. The SMILES string of the molecule is CC(C)=C(OC(=O)C(C)(C)C)C1CC1N(C)S(=O)(=O)c1ccc(C)cc1. The minimum atomic E-state index is -3.57. The maximum absolute atomic E-state index is 12.8. The van der Waals surface area contributed by atoms with Crippen molar-refractivity contribution in [2.45, 2.75) is 58.9 Å². The Hall–Kier alpha value is -1.66. The molecule has 0 radical (unpaired) electrons. The number of carbonyl (C=O) groups excluding carboxylic acids is 1. The zero-order valence-corrected chi connectivity index (χ0v) is 17.5. The largest absolute Gasteiger partial charge is 0.430 e. The summed E-state index contributed by atoms with van der Waals surface area (Å²) in [5.41, 5.74) is 1.30. The molecule has 0 aliphatic heterocycles. The highest BCUT2D eigenvalue weighted by Crippen LogP contribution is 2.45. The molecule has 0 aromatic heterocycles. The molecule has 1 aliphatic rings. The number of carbonyl (C=O) groups is 1. The standard InChI is InChI=1S/C20H29NO4S/c1-13(2)18(25-19(22)20(4,5)6)16-12-17(16)21(7)26(23,24)15-10-8-14(3)9-11-15/h8-11,16-17H,12H2,1-7H3. The molecule has 2 atom stereocenters. The third-order valence-electron chi connectivity index (χ3n) is 4.57. The van der Waals surface area contributed by atoms with Crippen LogP contribution >= 0.6 is 0 Å². The number of hydrogen-bond donors (Lipinski definition) is 0. The van der Waals surface area contributed by atoms with Crippen molar-refractivity contribution >= 4 is 16.0 Å². The summed E-state index contributed by atoms with van der Waals surface area (Å²) in [6.45, 7) is 11.1. The van der Waals surface area contributed by atoms with Gasteiger partial charge in [0.2, 0.25) is 10.0 Å². The van der Waals surface area contributed by atoms with Gasteiger partial charge in [-0.05, 0) is 65.7 Å². The van der Waals surface area contributed by atoms with E-state index in [4.69, 9.17) is 4.74 Å². The van der Waals surface area contributed by atoms with Gasteiger partial charge >= 0.3 is 5.97 Å². The molecule has 0 heterocycles. The molecule has 0 amide bonds. The van der Waals surface area contributed by atoms with Gasteiger partial charge in [0.05, 0.1) is 10.3 Å². The summed E-state index contributed by atoms with van der Waals surface area (Å²) >= 11 is 0. The zero-order valence-electron chi connectivity index (χ0n) is 16.7. The van der Waals surface area contributed by atoms with Crippen LogP contribution in [0.25, 0.3) is 0 Å². The second kappa shape index (κ2) is 7.16. The van der Waals surface area contributed by atoms with Gasteiger partial charge in [-0.2, -0.15) is 4.31 Å². The first-order valence-corrected chi connectivity index (χ1v) is 10.2. The third-order valence-corrected chi connectivity index (χ3v) is 6.46. The zero-order chi connectivity index (χ0) is 19.9. The summed E-state index contributed by atoms with van der Waals surface area (Å²) in [5.74, 6) is 0.209. The molecule has 1 aromatic rings. The quantitative estimate of drug-likeness (QED) is 0.575. The Morgan fingerprint density at radius 2 is 1.69 bits per heavy atom. The Kier molecular flexibility index (Phi) is 5.69. The van der Waals surface area contributed by atoms with Crippen LogP contribution in [-0.4, -0.2) is 31.8 Å². The van der Waals surface area contributed by atoms with E-state index >= 15 is 0 Å². The average Bonchev–Trinajstić information content (AvgIpc) is 3.30. The lowest BCUT2D eigenvalue weighted by Gasteiger charge is -2.21. The number of benzene rings is 1. The van der Waals surface area contributed by atoms with Gasteiger partial charge in [0.1, 0.15) is 5.76 Å². The number of sulfonamides is 1. The fourth-order valence-corrected chi connectivity index (χ4v) is 4.12. The highest BCUT2D eigenvalue weighted by atomic mass is 32.2. The highest BCUT2D eigenvalue weighted by molar-refractivity contribution is 7.89. The number of aryl methyl sites for hydroxylation is 1. The van der Waals surface area contributed by atoms with Gasteiger partial charge in [-0.1, -0.05) is 17.7 Å². The number of allylic oxidation sites excluding steroid dienone is 1. The van der Waals surface area contributed by atoms with Crippen molar-refractivity contribution in [1.29, 1.82) is 0 Å². The van der Waals surface area contributed by atoms with E-state index < -0.39 is 15.4 Å². The molecule has 2 rings (SSSR count). The van der Waals surface area contributed by atoms with Crippen molar-refractivity contribution in [1.82, 2.24) is 4.31 Å². The normalized spacial score (nSPS) is 20.0. The summed E-state index contributed by atoms with van der Waals surface area (Å²) in [5, 5.41) is 0. The maximum atomic E-state index is 12.8. The number of rotatable bonds is 5. The molecule has 26 heavy (non-hydrogen) atoms. The van der Waals surface area contributed by atoms with E-state index in [0.29, 0.717) is 12.2 Å². The number of esters is 1. The van der Waals surface area contributed by atoms with Crippen LogP contribution in [0.2, 0.25) is 0 Å². The van der Waals surface area contributed by atoms with Crippen LogP contribution in [0.5, 0.6) is 0 Å². The molecule has 1 aliphatic carbocycles. The molecular weight excluding hydrogens is 350 g/mol. The first kappa shape index (κ1) is 20.6. The first-order valence-electron chi connectivity index (χ1n) is 8.80. The lowest BCUT2D eigenvalue weighted by molar-refractivity contribution is -0.149. The van der Waals surface area contributed by atoms with Crippen LogP contribution in [0, 0.1) is 18.3 Å². The van der Waals surface area contributed by atoms with E-state index in [2.05, 4.69) is 0 Å². The van der Waals surface area contributed by atoms with Gasteiger partial charge in [0.25, 0.3) is 0 Å².